The summed E-state index contributed by atoms with van der Waals surface area (Å²) in [5, 5.41) is 38.4. The average molecular weight is 316 g/mol. The van der Waals surface area contributed by atoms with Gasteiger partial charge in [-0.1, -0.05) is 6.07 Å². The van der Waals surface area contributed by atoms with E-state index in [9.17, 15) is 25.2 Å². The second kappa shape index (κ2) is 5.13. The molecule has 0 amide bonds. The highest BCUT2D eigenvalue weighted by Crippen LogP contribution is 2.40. The van der Waals surface area contributed by atoms with Crippen molar-refractivity contribution in [3.8, 4) is 39.9 Å². The number of rotatable bonds is 2. The molecule has 7 nitrogen and oxygen atoms in total. The zero-order chi connectivity index (χ0) is 16.7. The van der Waals surface area contributed by atoms with Gasteiger partial charge in [-0.2, -0.15) is 0 Å². The Hall–Kier alpha value is -3.35. The van der Waals surface area contributed by atoms with Crippen LogP contribution in [0, 0.1) is 0 Å². The Balaban J connectivity index is 2.35. The van der Waals surface area contributed by atoms with Crippen LogP contribution in [0.1, 0.15) is 0 Å². The molecule has 0 aliphatic rings. The number of benzene rings is 2. The van der Waals surface area contributed by atoms with Crippen LogP contribution < -0.4 is 10.2 Å². The predicted molar refractivity (Wildman–Crippen MR) is 81.1 cm³/mol. The maximum absolute atomic E-state index is 12.6. The molecule has 0 saturated heterocycles. The number of phenolic OH excluding ortho intramolecular Hbond substituents is 4. The molecular weight excluding hydrogens is 304 g/mol. The zero-order valence-electron chi connectivity index (χ0n) is 11.9. The quantitative estimate of drug-likeness (QED) is 0.535. The molecule has 0 unspecified atom stereocenters. The molecule has 0 atom stereocenters. The van der Waals surface area contributed by atoms with E-state index in [1.54, 1.807) is 0 Å². The van der Waals surface area contributed by atoms with Crippen LogP contribution in [0.15, 0.2) is 39.7 Å². The number of aromatic hydroxyl groups is 4. The van der Waals surface area contributed by atoms with Gasteiger partial charge in [0.2, 0.25) is 11.2 Å². The zero-order valence-corrected chi connectivity index (χ0v) is 11.9. The lowest BCUT2D eigenvalue weighted by molar-refractivity contribution is 0.367. The van der Waals surface area contributed by atoms with E-state index in [-0.39, 0.29) is 33.8 Å². The molecule has 0 spiro atoms. The average Bonchev–Trinajstić information content (AvgIpc) is 2.50. The van der Waals surface area contributed by atoms with Gasteiger partial charge in [-0.25, -0.2) is 0 Å². The number of phenols is 4. The molecule has 0 aliphatic carbocycles. The van der Waals surface area contributed by atoms with Crippen LogP contribution in [-0.4, -0.2) is 27.5 Å². The summed E-state index contributed by atoms with van der Waals surface area (Å²) in [7, 11) is 1.29. The van der Waals surface area contributed by atoms with E-state index in [4.69, 9.17) is 9.15 Å². The molecule has 2 aromatic carbocycles. The minimum atomic E-state index is -0.577. The molecule has 0 aliphatic heterocycles. The van der Waals surface area contributed by atoms with Crippen LogP contribution >= 0.6 is 0 Å². The predicted octanol–water partition coefficient (Wildman–Crippen LogP) is 2.29. The molecule has 0 fully saturated rings. The number of hydrogen-bond donors (Lipinski definition) is 4. The van der Waals surface area contributed by atoms with Gasteiger partial charge in [0.1, 0.15) is 17.4 Å². The minimum Gasteiger partial charge on any atom is -0.507 e. The lowest BCUT2D eigenvalue weighted by atomic mass is 10.0. The summed E-state index contributed by atoms with van der Waals surface area (Å²) in [5.41, 5.74) is -0.313. The highest BCUT2D eigenvalue weighted by Gasteiger charge is 2.20. The molecule has 3 aromatic rings. The fraction of sp³-hybridized carbons (Fsp3) is 0.0625. The maximum atomic E-state index is 12.6. The highest BCUT2D eigenvalue weighted by molar-refractivity contribution is 5.93. The topological polar surface area (TPSA) is 120 Å². The van der Waals surface area contributed by atoms with Crippen molar-refractivity contribution in [3.05, 3.63) is 40.8 Å². The lowest BCUT2D eigenvalue weighted by Crippen LogP contribution is -2.05. The molecule has 23 heavy (non-hydrogen) atoms. The first-order chi connectivity index (χ1) is 10.9. The Morgan fingerprint density at radius 1 is 0.957 bits per heavy atom. The van der Waals surface area contributed by atoms with E-state index in [0.717, 1.165) is 12.3 Å². The molecule has 0 radical (unpaired) electrons. The molecule has 118 valence electrons. The fourth-order valence-corrected chi connectivity index (χ4v) is 2.34. The van der Waals surface area contributed by atoms with E-state index >= 15 is 0 Å². The van der Waals surface area contributed by atoms with Crippen LogP contribution in [0.3, 0.4) is 0 Å². The van der Waals surface area contributed by atoms with Gasteiger partial charge in [-0.15, -0.1) is 0 Å². The van der Waals surface area contributed by atoms with E-state index in [0.29, 0.717) is 5.56 Å². The van der Waals surface area contributed by atoms with Gasteiger partial charge in [0.15, 0.2) is 22.8 Å². The van der Waals surface area contributed by atoms with Crippen molar-refractivity contribution in [3.63, 3.8) is 0 Å². The molecule has 1 aromatic heterocycles. The maximum Gasteiger partial charge on any atom is 0.204 e. The van der Waals surface area contributed by atoms with E-state index in [2.05, 4.69) is 0 Å². The van der Waals surface area contributed by atoms with Crippen molar-refractivity contribution >= 4 is 11.0 Å². The normalized spacial score (nSPS) is 10.8. The van der Waals surface area contributed by atoms with E-state index < -0.39 is 16.9 Å². The Labute approximate surface area is 129 Å². The van der Waals surface area contributed by atoms with Gasteiger partial charge in [0, 0.05) is 6.07 Å². The second-order valence-corrected chi connectivity index (χ2v) is 4.83. The van der Waals surface area contributed by atoms with Crippen LogP contribution in [0.25, 0.3) is 22.1 Å². The Kier molecular flexibility index (Phi) is 3.25. The molecule has 0 bridgehead atoms. The molecule has 1 heterocycles. The number of ether oxygens (including phenoxy) is 1. The van der Waals surface area contributed by atoms with Crippen molar-refractivity contribution in [2.24, 2.45) is 0 Å². The summed E-state index contributed by atoms with van der Waals surface area (Å²) in [6.45, 7) is 0. The summed E-state index contributed by atoms with van der Waals surface area (Å²) in [6.07, 6.45) is 1.12. The van der Waals surface area contributed by atoms with E-state index in [1.165, 1.54) is 25.3 Å². The molecule has 4 N–H and O–H groups in total. The van der Waals surface area contributed by atoms with Gasteiger partial charge < -0.3 is 29.6 Å². The van der Waals surface area contributed by atoms with Crippen molar-refractivity contribution in [2.75, 3.05) is 7.11 Å². The summed E-state index contributed by atoms with van der Waals surface area (Å²) < 4.78 is 10.3. The van der Waals surface area contributed by atoms with Crippen molar-refractivity contribution in [2.45, 2.75) is 0 Å². The summed E-state index contributed by atoms with van der Waals surface area (Å²) >= 11 is 0. The third-order valence-corrected chi connectivity index (χ3v) is 3.45. The van der Waals surface area contributed by atoms with Crippen molar-refractivity contribution < 1.29 is 29.6 Å². The summed E-state index contributed by atoms with van der Waals surface area (Å²) in [6, 6.07) is 4.83. The van der Waals surface area contributed by atoms with Gasteiger partial charge in [-0.05, 0) is 17.7 Å². The number of fused-ring (bicyclic) bond motifs is 1. The summed E-state index contributed by atoms with van der Waals surface area (Å²) in [5.74, 6) is -1.62. The first-order valence-electron chi connectivity index (χ1n) is 6.50. The number of hydrogen-bond acceptors (Lipinski definition) is 7. The molecule has 3 rings (SSSR count). The first kappa shape index (κ1) is 14.6. The van der Waals surface area contributed by atoms with Gasteiger partial charge in [0.05, 0.1) is 12.7 Å². The molecule has 7 heteroatoms. The Morgan fingerprint density at radius 2 is 1.70 bits per heavy atom. The standard InChI is InChI=1S/C16H12O7/c1-22-15-12(20)5-11(19)13-14(21)8(6-23-16(13)15)7-2-3-9(17)10(18)4-7/h2-6,17-20H,1H3. The third-order valence-electron chi connectivity index (χ3n) is 3.45. The van der Waals surface area contributed by atoms with Crippen molar-refractivity contribution in [1.82, 2.24) is 0 Å². The van der Waals surface area contributed by atoms with E-state index in [1.807, 2.05) is 0 Å². The smallest absolute Gasteiger partial charge is 0.204 e. The fourth-order valence-electron chi connectivity index (χ4n) is 2.34. The van der Waals surface area contributed by atoms with Gasteiger partial charge >= 0.3 is 0 Å². The first-order valence-corrected chi connectivity index (χ1v) is 6.50. The Morgan fingerprint density at radius 3 is 2.35 bits per heavy atom. The minimum absolute atomic E-state index is 0.0656. The van der Waals surface area contributed by atoms with Gasteiger partial charge in [-0.3, -0.25) is 4.79 Å². The molecule has 0 saturated carbocycles. The van der Waals surface area contributed by atoms with Crippen LogP contribution in [0.2, 0.25) is 0 Å². The highest BCUT2D eigenvalue weighted by atomic mass is 16.5. The largest absolute Gasteiger partial charge is 0.507 e. The SMILES string of the molecule is COc1c(O)cc(O)c2c(=O)c(-c3ccc(O)c(O)c3)coc12. The number of methoxy groups -OCH3 is 1. The third kappa shape index (κ3) is 2.18. The molecular formula is C16H12O7. The second-order valence-electron chi connectivity index (χ2n) is 4.83. The van der Waals surface area contributed by atoms with Crippen LogP contribution in [0.4, 0.5) is 0 Å². The van der Waals surface area contributed by atoms with Crippen LogP contribution in [-0.2, 0) is 0 Å². The van der Waals surface area contributed by atoms with Gasteiger partial charge in [0.25, 0.3) is 0 Å². The van der Waals surface area contributed by atoms with Crippen LogP contribution in [0.5, 0.6) is 28.7 Å². The van der Waals surface area contributed by atoms with Crippen molar-refractivity contribution in [1.29, 1.82) is 0 Å². The summed E-state index contributed by atoms with van der Waals surface area (Å²) in [4.78, 5) is 12.6. The Bertz CT molecular complexity index is 972. The monoisotopic (exact) mass is 316 g/mol. The lowest BCUT2D eigenvalue weighted by Gasteiger charge is -2.09.